The molecule has 1 nitrogen and oxygen atoms in total. The minimum absolute atomic E-state index is 0.121. The van der Waals surface area contributed by atoms with Crippen molar-refractivity contribution in [3.63, 3.8) is 0 Å². The van der Waals surface area contributed by atoms with Crippen molar-refractivity contribution in [2.24, 2.45) is 0 Å². The van der Waals surface area contributed by atoms with Crippen LogP contribution < -0.4 is 0 Å². The average Bonchev–Trinajstić information content (AvgIpc) is 2.11. The molecule has 0 bridgehead atoms. The van der Waals surface area contributed by atoms with E-state index < -0.39 is 6.17 Å². The summed E-state index contributed by atoms with van der Waals surface area (Å²) in [5, 5.41) is 0. The van der Waals surface area contributed by atoms with Crippen LogP contribution in [0.2, 0.25) is 0 Å². The zero-order valence-corrected chi connectivity index (χ0v) is 8.63. The topological polar surface area (TPSA) is 3.24 Å². The van der Waals surface area contributed by atoms with Crippen LogP contribution in [0, 0.1) is 0 Å². The van der Waals surface area contributed by atoms with Gasteiger partial charge in [0.25, 0.3) is 0 Å². The van der Waals surface area contributed by atoms with Gasteiger partial charge in [-0.05, 0) is 20.8 Å². The van der Waals surface area contributed by atoms with Crippen molar-refractivity contribution < 1.29 is 4.39 Å². The molecule has 3 atom stereocenters. The Hall–Kier alpha value is 0.320. The van der Waals surface area contributed by atoms with Gasteiger partial charge in [0.1, 0.15) is 6.17 Å². The Morgan fingerprint density at radius 2 is 1.91 bits per heavy atom. The van der Waals surface area contributed by atoms with Crippen LogP contribution in [0.3, 0.4) is 0 Å². The molecule has 1 heterocycles. The van der Waals surface area contributed by atoms with Crippen LogP contribution in [0.25, 0.3) is 0 Å². The Morgan fingerprint density at radius 1 is 1.36 bits per heavy atom. The lowest BCUT2D eigenvalue weighted by molar-refractivity contribution is 0.161. The van der Waals surface area contributed by atoms with Crippen LogP contribution in [0.15, 0.2) is 0 Å². The zero-order chi connectivity index (χ0) is 8.65. The van der Waals surface area contributed by atoms with Gasteiger partial charge in [0.15, 0.2) is 0 Å². The minimum atomic E-state index is -0.653. The fraction of sp³-hybridized carbons (Fsp3) is 1.00. The van der Waals surface area contributed by atoms with Crippen LogP contribution in [-0.2, 0) is 0 Å². The van der Waals surface area contributed by atoms with Gasteiger partial charge in [0.05, 0.1) is 0 Å². The molecule has 0 spiro atoms. The fourth-order valence-electron chi connectivity index (χ4n) is 1.34. The maximum absolute atomic E-state index is 13.0. The number of alkyl halides is 1. The van der Waals surface area contributed by atoms with E-state index in [-0.39, 0.29) is 11.2 Å². The number of halogens is 1. The van der Waals surface area contributed by atoms with Crippen LogP contribution >= 0.6 is 9.24 Å². The molecular weight excluding hydrogens is 160 g/mol. The Labute approximate surface area is 70.5 Å². The van der Waals surface area contributed by atoms with E-state index in [1.807, 2.05) is 0 Å². The molecule has 0 aromatic rings. The summed E-state index contributed by atoms with van der Waals surface area (Å²) in [5.74, 6) is 0. The van der Waals surface area contributed by atoms with Gasteiger partial charge in [-0.2, -0.15) is 0 Å². The molecule has 0 amide bonds. The third-order valence-electron chi connectivity index (χ3n) is 2.24. The molecule has 0 aromatic carbocycles. The molecule has 1 saturated heterocycles. The molecule has 1 aliphatic heterocycles. The maximum Gasteiger partial charge on any atom is 0.120 e. The highest BCUT2D eigenvalue weighted by Gasteiger charge is 2.35. The van der Waals surface area contributed by atoms with Crippen LogP contribution in [0.4, 0.5) is 4.39 Å². The van der Waals surface area contributed by atoms with Gasteiger partial charge in [-0.15, -0.1) is 9.24 Å². The minimum Gasteiger partial charge on any atom is -0.295 e. The lowest BCUT2D eigenvalue weighted by Gasteiger charge is -2.31. The number of nitrogens with zero attached hydrogens (tertiary/aromatic N) is 1. The van der Waals surface area contributed by atoms with Gasteiger partial charge < -0.3 is 0 Å². The SMILES string of the molecule is CC(C)(C)N1CC(P)[C@H](F)C1. The highest BCUT2D eigenvalue weighted by molar-refractivity contribution is 7.17. The van der Waals surface area contributed by atoms with Gasteiger partial charge in [-0.3, -0.25) is 4.90 Å². The molecule has 1 aliphatic rings. The summed E-state index contributed by atoms with van der Waals surface area (Å²) in [5.41, 5.74) is 0.254. The number of likely N-dealkylation sites (tertiary alicyclic amines) is 1. The first-order valence-corrected chi connectivity index (χ1v) is 4.72. The predicted molar refractivity (Wildman–Crippen MR) is 49.7 cm³/mol. The van der Waals surface area contributed by atoms with Gasteiger partial charge in [-0.1, -0.05) is 0 Å². The average molecular weight is 177 g/mol. The van der Waals surface area contributed by atoms with E-state index in [4.69, 9.17) is 0 Å². The molecule has 66 valence electrons. The van der Waals surface area contributed by atoms with E-state index in [0.29, 0.717) is 6.54 Å². The van der Waals surface area contributed by atoms with Crippen molar-refractivity contribution in [2.75, 3.05) is 13.1 Å². The predicted octanol–water partition coefficient (Wildman–Crippen LogP) is 1.68. The second kappa shape index (κ2) is 2.99. The molecule has 0 saturated carbocycles. The second-order valence-corrected chi connectivity index (χ2v) is 5.11. The summed E-state index contributed by atoms with van der Waals surface area (Å²) in [4.78, 5) is 2.19. The van der Waals surface area contributed by atoms with E-state index in [1.165, 1.54) is 0 Å². The first-order valence-electron chi connectivity index (χ1n) is 4.06. The van der Waals surface area contributed by atoms with Crippen LogP contribution in [-0.4, -0.2) is 35.4 Å². The van der Waals surface area contributed by atoms with Crippen LogP contribution in [0.1, 0.15) is 20.8 Å². The standard InChI is InChI=1S/C8H17FNP/c1-8(2,3)10-4-6(9)7(11)5-10/h6-7H,4-5,11H2,1-3H3/t6-,7?/m1/s1. The first-order chi connectivity index (χ1) is 4.91. The third kappa shape index (κ3) is 2.13. The van der Waals surface area contributed by atoms with Crippen molar-refractivity contribution in [3.05, 3.63) is 0 Å². The Kier molecular flexibility index (Phi) is 2.56. The van der Waals surface area contributed by atoms with Crippen molar-refractivity contribution in [1.82, 2.24) is 4.90 Å². The van der Waals surface area contributed by atoms with E-state index in [9.17, 15) is 4.39 Å². The molecule has 0 aliphatic carbocycles. The van der Waals surface area contributed by atoms with E-state index in [0.717, 1.165) is 6.54 Å². The molecule has 1 rings (SSSR count). The smallest absolute Gasteiger partial charge is 0.120 e. The zero-order valence-electron chi connectivity index (χ0n) is 7.47. The highest BCUT2D eigenvalue weighted by Crippen LogP contribution is 2.26. The molecule has 0 radical (unpaired) electrons. The quantitative estimate of drug-likeness (QED) is 0.509. The first kappa shape index (κ1) is 9.41. The summed E-state index contributed by atoms with van der Waals surface area (Å²) in [6.07, 6.45) is -0.653. The summed E-state index contributed by atoms with van der Waals surface area (Å²) in [6.45, 7) is 7.85. The highest BCUT2D eigenvalue weighted by atomic mass is 31.0. The fourth-order valence-corrected chi connectivity index (χ4v) is 1.71. The van der Waals surface area contributed by atoms with E-state index in [2.05, 4.69) is 34.9 Å². The molecular formula is C8H17FNP. The van der Waals surface area contributed by atoms with E-state index >= 15 is 0 Å². The molecule has 0 N–H and O–H groups in total. The summed E-state index contributed by atoms with van der Waals surface area (Å²) >= 11 is 0. The number of hydrogen-bond acceptors (Lipinski definition) is 1. The monoisotopic (exact) mass is 177 g/mol. The van der Waals surface area contributed by atoms with Crippen LogP contribution in [0.5, 0.6) is 0 Å². The lowest BCUT2D eigenvalue weighted by atomic mass is 10.1. The van der Waals surface area contributed by atoms with Gasteiger partial charge in [-0.25, -0.2) is 4.39 Å². The van der Waals surface area contributed by atoms with Crippen molar-refractivity contribution in [1.29, 1.82) is 0 Å². The Balaban J connectivity index is 2.54. The van der Waals surface area contributed by atoms with Gasteiger partial charge in [0.2, 0.25) is 0 Å². The van der Waals surface area contributed by atoms with E-state index in [1.54, 1.807) is 0 Å². The largest absolute Gasteiger partial charge is 0.295 e. The maximum atomic E-state index is 13.0. The molecule has 11 heavy (non-hydrogen) atoms. The normalized spacial score (nSPS) is 34.6. The molecule has 1 fully saturated rings. The Bertz CT molecular complexity index is 134. The second-order valence-electron chi connectivity index (χ2n) is 4.26. The van der Waals surface area contributed by atoms with Crippen molar-refractivity contribution >= 4 is 9.24 Å². The lowest BCUT2D eigenvalue weighted by Crippen LogP contribution is -2.39. The van der Waals surface area contributed by atoms with Gasteiger partial charge >= 0.3 is 0 Å². The number of hydrogen-bond donors (Lipinski definition) is 0. The molecule has 2 unspecified atom stereocenters. The summed E-state index contributed by atoms with van der Waals surface area (Å²) in [7, 11) is 2.58. The molecule has 0 aromatic heterocycles. The summed E-state index contributed by atoms with van der Waals surface area (Å²) < 4.78 is 13.0. The summed E-state index contributed by atoms with van der Waals surface area (Å²) in [6, 6.07) is 0. The Morgan fingerprint density at radius 3 is 2.09 bits per heavy atom. The molecule has 3 heteroatoms. The number of rotatable bonds is 0. The third-order valence-corrected chi connectivity index (χ3v) is 2.87. The van der Waals surface area contributed by atoms with Gasteiger partial charge in [0, 0.05) is 24.3 Å². The van der Waals surface area contributed by atoms with Crippen molar-refractivity contribution in [3.8, 4) is 0 Å². The van der Waals surface area contributed by atoms with Crippen molar-refractivity contribution in [2.45, 2.75) is 38.1 Å².